The fourth-order valence-electron chi connectivity index (χ4n) is 2.84. The first-order chi connectivity index (χ1) is 11.0. The number of hydrogen-bond donors (Lipinski definition) is 0. The van der Waals surface area contributed by atoms with Crippen LogP contribution in [-0.4, -0.2) is 62.9 Å². The summed E-state index contributed by atoms with van der Waals surface area (Å²) < 4.78 is 23.8. The fraction of sp³-hybridized carbons (Fsp3) is 0.600. The van der Waals surface area contributed by atoms with Crippen LogP contribution in [0, 0.1) is 15.9 Å². The van der Waals surface area contributed by atoms with Crippen molar-refractivity contribution in [1.82, 2.24) is 4.90 Å². The maximum absolute atomic E-state index is 13.8. The second-order valence-corrected chi connectivity index (χ2v) is 5.56. The molecule has 0 aliphatic carbocycles. The monoisotopic (exact) mass is 327 g/mol. The Morgan fingerprint density at radius 1 is 1.39 bits per heavy atom. The van der Waals surface area contributed by atoms with Gasteiger partial charge in [-0.15, -0.1) is 0 Å². The Kier molecular flexibility index (Phi) is 5.73. The van der Waals surface area contributed by atoms with Gasteiger partial charge in [-0.25, -0.2) is 4.39 Å². The second-order valence-electron chi connectivity index (χ2n) is 5.56. The number of rotatable bonds is 6. The van der Waals surface area contributed by atoms with Gasteiger partial charge in [0.05, 0.1) is 24.7 Å². The first-order valence-corrected chi connectivity index (χ1v) is 7.47. The van der Waals surface area contributed by atoms with Crippen molar-refractivity contribution in [2.45, 2.75) is 13.0 Å². The highest BCUT2D eigenvalue weighted by atomic mass is 19.1. The predicted molar refractivity (Wildman–Crippen MR) is 84.7 cm³/mol. The Labute approximate surface area is 134 Å². The van der Waals surface area contributed by atoms with E-state index in [1.165, 1.54) is 13.2 Å². The highest BCUT2D eigenvalue weighted by Crippen LogP contribution is 2.35. The molecule has 1 heterocycles. The Balaban J connectivity index is 2.23. The van der Waals surface area contributed by atoms with E-state index in [9.17, 15) is 14.5 Å². The molecular formula is C15H22FN3O4. The van der Waals surface area contributed by atoms with Gasteiger partial charge in [-0.3, -0.25) is 15.0 Å². The molecule has 0 amide bonds. The summed E-state index contributed by atoms with van der Waals surface area (Å²) >= 11 is 0. The molecule has 1 fully saturated rings. The van der Waals surface area contributed by atoms with Crippen molar-refractivity contribution in [2.75, 3.05) is 51.9 Å². The number of anilines is 1. The quantitative estimate of drug-likeness (QED) is 0.587. The van der Waals surface area contributed by atoms with Crippen LogP contribution >= 0.6 is 0 Å². The van der Waals surface area contributed by atoms with Crippen LogP contribution in [0.1, 0.15) is 6.92 Å². The van der Waals surface area contributed by atoms with Crippen molar-refractivity contribution in [3.8, 4) is 5.75 Å². The molecule has 1 unspecified atom stereocenters. The highest BCUT2D eigenvalue weighted by Gasteiger charge is 2.29. The first kappa shape index (κ1) is 17.4. The lowest BCUT2D eigenvalue weighted by molar-refractivity contribution is -0.384. The Morgan fingerprint density at radius 2 is 2.13 bits per heavy atom. The molecule has 0 aromatic heterocycles. The van der Waals surface area contributed by atoms with Crippen molar-refractivity contribution in [1.29, 1.82) is 0 Å². The van der Waals surface area contributed by atoms with Crippen LogP contribution in [0.15, 0.2) is 12.1 Å². The number of hydrogen-bond acceptors (Lipinski definition) is 6. The van der Waals surface area contributed by atoms with E-state index in [4.69, 9.17) is 9.47 Å². The summed E-state index contributed by atoms with van der Waals surface area (Å²) in [5, 5.41) is 11.2. The summed E-state index contributed by atoms with van der Waals surface area (Å²) in [6.45, 7) is 5.55. The number of piperazine rings is 1. The van der Waals surface area contributed by atoms with Crippen LogP contribution in [0.3, 0.4) is 0 Å². The molecule has 0 N–H and O–H groups in total. The van der Waals surface area contributed by atoms with E-state index in [0.29, 0.717) is 25.4 Å². The van der Waals surface area contributed by atoms with Gasteiger partial charge in [0.15, 0.2) is 11.6 Å². The molecule has 1 aromatic carbocycles. The Bertz CT molecular complexity index is 570. The number of halogens is 1. The number of nitro groups is 1. The number of nitro benzene ring substituents is 1. The smallest absolute Gasteiger partial charge is 0.295 e. The number of nitrogens with zero attached hydrogens (tertiary/aromatic N) is 3. The molecule has 23 heavy (non-hydrogen) atoms. The zero-order valence-electron chi connectivity index (χ0n) is 13.6. The van der Waals surface area contributed by atoms with Gasteiger partial charge in [-0.1, -0.05) is 0 Å². The average Bonchev–Trinajstić information content (AvgIpc) is 2.53. The van der Waals surface area contributed by atoms with E-state index in [2.05, 4.69) is 11.8 Å². The molecule has 7 nitrogen and oxygen atoms in total. The van der Waals surface area contributed by atoms with Crippen LogP contribution in [0.5, 0.6) is 5.75 Å². The SMILES string of the molecule is COCCN1CCN(c2cc(OC)c(F)cc2[N+](=O)[O-])CC1C. The molecule has 0 bridgehead atoms. The van der Waals surface area contributed by atoms with Crippen LogP contribution in [0.4, 0.5) is 15.8 Å². The van der Waals surface area contributed by atoms with Gasteiger partial charge < -0.3 is 14.4 Å². The van der Waals surface area contributed by atoms with Gasteiger partial charge in [0, 0.05) is 45.4 Å². The summed E-state index contributed by atoms with van der Waals surface area (Å²) in [6.07, 6.45) is 0. The van der Waals surface area contributed by atoms with Crippen molar-refractivity contribution in [3.63, 3.8) is 0 Å². The van der Waals surface area contributed by atoms with Gasteiger partial charge in [0.1, 0.15) is 5.69 Å². The molecule has 1 atom stereocenters. The van der Waals surface area contributed by atoms with Crippen LogP contribution in [0.2, 0.25) is 0 Å². The van der Waals surface area contributed by atoms with E-state index in [1.54, 1.807) is 7.11 Å². The van der Waals surface area contributed by atoms with Crippen molar-refractivity contribution < 1.29 is 18.8 Å². The normalized spacial score (nSPS) is 19.0. The third kappa shape index (κ3) is 3.89. The lowest BCUT2D eigenvalue weighted by atomic mass is 10.1. The van der Waals surface area contributed by atoms with Gasteiger partial charge in [0.2, 0.25) is 0 Å². The Morgan fingerprint density at radius 3 is 2.70 bits per heavy atom. The third-order valence-corrected chi connectivity index (χ3v) is 4.13. The van der Waals surface area contributed by atoms with Gasteiger partial charge >= 0.3 is 0 Å². The standard InChI is InChI=1S/C15H22FN3O4/c1-11-10-18(5-4-17(11)6-7-22-2)13-9-15(23-3)12(16)8-14(13)19(20)21/h8-9,11H,4-7,10H2,1-3H3. The predicted octanol–water partition coefficient (Wildman–Crippen LogP) is 1.90. The maximum atomic E-state index is 13.8. The van der Waals surface area contributed by atoms with Gasteiger partial charge in [-0.2, -0.15) is 0 Å². The minimum atomic E-state index is -0.727. The molecule has 2 rings (SSSR count). The maximum Gasteiger partial charge on any atom is 0.295 e. The first-order valence-electron chi connectivity index (χ1n) is 7.47. The van der Waals surface area contributed by atoms with E-state index in [0.717, 1.165) is 19.2 Å². The summed E-state index contributed by atoms with van der Waals surface area (Å²) in [5.74, 6) is -0.713. The summed E-state index contributed by atoms with van der Waals surface area (Å²) in [7, 11) is 3.01. The zero-order chi connectivity index (χ0) is 17.0. The second kappa shape index (κ2) is 7.56. The van der Waals surface area contributed by atoms with Crippen molar-refractivity contribution in [2.24, 2.45) is 0 Å². The lowest BCUT2D eigenvalue weighted by Crippen LogP contribution is -2.52. The summed E-state index contributed by atoms with van der Waals surface area (Å²) in [6, 6.07) is 2.55. The molecule has 0 saturated carbocycles. The molecule has 0 radical (unpaired) electrons. The number of benzene rings is 1. The highest BCUT2D eigenvalue weighted by molar-refractivity contribution is 5.66. The lowest BCUT2D eigenvalue weighted by Gasteiger charge is -2.40. The molecule has 1 saturated heterocycles. The van der Waals surface area contributed by atoms with Gasteiger partial charge in [-0.05, 0) is 6.92 Å². The molecular weight excluding hydrogens is 305 g/mol. The molecule has 0 spiro atoms. The topological polar surface area (TPSA) is 68.1 Å². The molecule has 128 valence electrons. The minimum absolute atomic E-state index is 0.0139. The van der Waals surface area contributed by atoms with E-state index in [1.807, 2.05) is 4.90 Å². The van der Waals surface area contributed by atoms with Crippen LogP contribution in [0.25, 0.3) is 0 Å². The fourth-order valence-corrected chi connectivity index (χ4v) is 2.84. The van der Waals surface area contributed by atoms with E-state index < -0.39 is 10.7 Å². The number of ether oxygens (including phenoxy) is 2. The zero-order valence-corrected chi connectivity index (χ0v) is 13.6. The third-order valence-electron chi connectivity index (χ3n) is 4.13. The number of methoxy groups -OCH3 is 2. The van der Waals surface area contributed by atoms with E-state index in [-0.39, 0.29) is 17.5 Å². The largest absolute Gasteiger partial charge is 0.494 e. The molecule has 1 aliphatic rings. The minimum Gasteiger partial charge on any atom is -0.494 e. The van der Waals surface area contributed by atoms with Crippen LogP contribution in [-0.2, 0) is 4.74 Å². The molecule has 1 aliphatic heterocycles. The average molecular weight is 327 g/mol. The molecule has 1 aromatic rings. The van der Waals surface area contributed by atoms with Crippen LogP contribution < -0.4 is 9.64 Å². The Hall–Kier alpha value is -1.93. The van der Waals surface area contributed by atoms with Gasteiger partial charge in [0.25, 0.3) is 5.69 Å². The van der Waals surface area contributed by atoms with Crippen molar-refractivity contribution in [3.05, 3.63) is 28.1 Å². The van der Waals surface area contributed by atoms with E-state index >= 15 is 0 Å². The molecule has 8 heteroatoms. The summed E-state index contributed by atoms with van der Waals surface area (Å²) in [4.78, 5) is 14.9. The summed E-state index contributed by atoms with van der Waals surface area (Å²) in [5.41, 5.74) is 0.160. The van der Waals surface area contributed by atoms with Crippen molar-refractivity contribution >= 4 is 11.4 Å².